The molecule has 4 N–H and O–H groups in total. The van der Waals surface area contributed by atoms with Gasteiger partial charge in [-0.3, -0.25) is 0 Å². The predicted molar refractivity (Wildman–Crippen MR) is 94.2 cm³/mol. The van der Waals surface area contributed by atoms with E-state index in [9.17, 15) is 15.3 Å². The molecular formula is C19H28O7. The highest BCUT2D eigenvalue weighted by Crippen LogP contribution is 2.37. The third kappa shape index (κ3) is 4.89. The zero-order valence-electron chi connectivity index (χ0n) is 15.2. The molecule has 1 aromatic carbocycles. The molecule has 1 fully saturated rings. The molecular weight excluding hydrogens is 340 g/mol. The summed E-state index contributed by atoms with van der Waals surface area (Å²) in [5, 5.41) is 39.5. The number of ether oxygens (including phenoxy) is 3. The van der Waals surface area contributed by atoms with E-state index in [1.165, 1.54) is 6.08 Å². The average Bonchev–Trinajstić information content (AvgIpc) is 2.95. The molecule has 7 heteroatoms. The number of hydrogen-bond donors (Lipinski definition) is 4. The molecule has 0 aliphatic carbocycles. The molecule has 1 aliphatic heterocycles. The first-order chi connectivity index (χ1) is 12.4. The third-order valence-corrected chi connectivity index (χ3v) is 4.35. The van der Waals surface area contributed by atoms with Gasteiger partial charge in [-0.2, -0.15) is 0 Å². The minimum atomic E-state index is -1.90. The molecule has 0 unspecified atom stereocenters. The largest absolute Gasteiger partial charge is 0.393 e. The van der Waals surface area contributed by atoms with Gasteiger partial charge in [0.2, 0.25) is 0 Å². The minimum absolute atomic E-state index is 0.0712. The summed E-state index contributed by atoms with van der Waals surface area (Å²) >= 11 is 0. The van der Waals surface area contributed by atoms with Crippen molar-refractivity contribution in [3.63, 3.8) is 0 Å². The van der Waals surface area contributed by atoms with Crippen LogP contribution in [0, 0.1) is 0 Å². The minimum Gasteiger partial charge on any atom is -0.393 e. The topological polar surface area (TPSA) is 109 Å². The average molecular weight is 368 g/mol. The van der Waals surface area contributed by atoms with E-state index < -0.39 is 36.8 Å². The number of rotatable bonds is 9. The maximum absolute atomic E-state index is 11.0. The lowest BCUT2D eigenvalue weighted by atomic mass is 9.85. The van der Waals surface area contributed by atoms with Gasteiger partial charge in [-0.25, -0.2) is 0 Å². The van der Waals surface area contributed by atoms with Crippen molar-refractivity contribution in [2.75, 3.05) is 26.4 Å². The summed E-state index contributed by atoms with van der Waals surface area (Å²) < 4.78 is 17.3. The summed E-state index contributed by atoms with van der Waals surface area (Å²) in [4.78, 5) is 0. The molecule has 0 spiro atoms. The molecule has 1 aromatic rings. The van der Waals surface area contributed by atoms with Gasteiger partial charge in [-0.1, -0.05) is 36.4 Å². The predicted octanol–water partition coefficient (Wildman–Crippen LogP) is 0.358. The molecule has 0 bridgehead atoms. The third-order valence-electron chi connectivity index (χ3n) is 4.35. The van der Waals surface area contributed by atoms with E-state index >= 15 is 0 Å². The summed E-state index contributed by atoms with van der Waals surface area (Å²) in [6, 6.07) is 9.62. The Hall–Kier alpha value is -1.32. The Morgan fingerprint density at radius 1 is 1.19 bits per heavy atom. The summed E-state index contributed by atoms with van der Waals surface area (Å²) in [5.74, 6) is -0.992. The van der Waals surface area contributed by atoms with Crippen molar-refractivity contribution in [1.29, 1.82) is 0 Å². The van der Waals surface area contributed by atoms with E-state index in [-0.39, 0.29) is 18.8 Å². The monoisotopic (exact) mass is 368 g/mol. The van der Waals surface area contributed by atoms with Crippen LogP contribution < -0.4 is 0 Å². The molecule has 1 saturated heterocycles. The van der Waals surface area contributed by atoms with Crippen molar-refractivity contribution in [1.82, 2.24) is 0 Å². The molecule has 26 heavy (non-hydrogen) atoms. The highest BCUT2D eigenvalue weighted by Gasteiger charge is 2.53. The summed E-state index contributed by atoms with van der Waals surface area (Å²) in [5.41, 5.74) is -0.829. The van der Waals surface area contributed by atoms with E-state index in [0.29, 0.717) is 6.61 Å². The van der Waals surface area contributed by atoms with Crippen LogP contribution in [-0.2, 0) is 20.8 Å². The van der Waals surface area contributed by atoms with E-state index in [0.717, 1.165) is 5.56 Å². The quantitative estimate of drug-likeness (QED) is 0.466. The van der Waals surface area contributed by atoms with Crippen LogP contribution >= 0.6 is 0 Å². The van der Waals surface area contributed by atoms with Crippen LogP contribution in [0.2, 0.25) is 0 Å². The van der Waals surface area contributed by atoms with Gasteiger partial charge in [-0.05, 0) is 25.0 Å². The molecule has 0 radical (unpaired) electrons. The second kappa shape index (κ2) is 9.05. The highest BCUT2D eigenvalue weighted by atomic mass is 16.8. The lowest BCUT2D eigenvalue weighted by molar-refractivity contribution is -0.171. The summed E-state index contributed by atoms with van der Waals surface area (Å²) in [6.45, 7) is 2.28. The Morgan fingerprint density at radius 3 is 2.46 bits per heavy atom. The number of benzene rings is 1. The fourth-order valence-electron chi connectivity index (χ4n) is 3.09. The molecule has 1 heterocycles. The molecule has 146 valence electrons. The van der Waals surface area contributed by atoms with Crippen molar-refractivity contribution in [2.24, 2.45) is 0 Å². The number of aliphatic hydroxyl groups is 4. The van der Waals surface area contributed by atoms with Gasteiger partial charge in [0, 0.05) is 0 Å². The first kappa shape index (κ1) is 21.0. The van der Waals surface area contributed by atoms with Crippen LogP contribution in [0.15, 0.2) is 42.0 Å². The van der Waals surface area contributed by atoms with Crippen LogP contribution in [0.4, 0.5) is 0 Å². The van der Waals surface area contributed by atoms with Crippen LogP contribution in [-0.4, -0.2) is 70.4 Å². The molecule has 0 amide bonds. The van der Waals surface area contributed by atoms with Gasteiger partial charge >= 0.3 is 0 Å². The van der Waals surface area contributed by atoms with Gasteiger partial charge in [0.15, 0.2) is 5.79 Å². The normalized spacial score (nSPS) is 25.2. The molecule has 0 aromatic heterocycles. The Morgan fingerprint density at radius 2 is 1.88 bits per heavy atom. The first-order valence-corrected chi connectivity index (χ1v) is 8.58. The van der Waals surface area contributed by atoms with Crippen LogP contribution in [0.25, 0.3) is 0 Å². The highest BCUT2D eigenvalue weighted by molar-refractivity contribution is 5.22. The lowest BCUT2D eigenvalue weighted by Gasteiger charge is -2.35. The fraction of sp³-hybridized carbons (Fsp3) is 0.579. The van der Waals surface area contributed by atoms with E-state index in [1.54, 1.807) is 13.8 Å². The van der Waals surface area contributed by atoms with Gasteiger partial charge < -0.3 is 34.6 Å². The van der Waals surface area contributed by atoms with Gasteiger partial charge in [0.05, 0.1) is 33.0 Å². The maximum Gasteiger partial charge on any atom is 0.164 e. The van der Waals surface area contributed by atoms with E-state index in [1.807, 2.05) is 30.3 Å². The Kier molecular flexibility index (Phi) is 7.31. The Bertz CT molecular complexity index is 587. The van der Waals surface area contributed by atoms with Crippen molar-refractivity contribution in [2.45, 2.75) is 44.1 Å². The zero-order valence-corrected chi connectivity index (χ0v) is 15.2. The molecule has 0 saturated carbocycles. The van der Waals surface area contributed by atoms with E-state index in [4.69, 9.17) is 19.3 Å². The fourth-order valence-corrected chi connectivity index (χ4v) is 3.09. The molecule has 7 nitrogen and oxygen atoms in total. The first-order valence-electron chi connectivity index (χ1n) is 8.58. The Labute approximate surface area is 153 Å². The Balaban J connectivity index is 2.13. The van der Waals surface area contributed by atoms with Gasteiger partial charge in [0.1, 0.15) is 17.8 Å². The van der Waals surface area contributed by atoms with Crippen LogP contribution in [0.3, 0.4) is 0 Å². The smallest absolute Gasteiger partial charge is 0.164 e. The maximum atomic E-state index is 11.0. The SMILES string of the molecule is CC1(C)O[C@@H](COCc2ccccc2)[C@H]([C@](O)(CO)/C(=C/CO)CO)O1. The number of aliphatic hydroxyl groups excluding tert-OH is 3. The molecule has 3 atom stereocenters. The van der Waals surface area contributed by atoms with Crippen molar-refractivity contribution in [3.05, 3.63) is 47.5 Å². The second-order valence-electron chi connectivity index (χ2n) is 6.75. The second-order valence-corrected chi connectivity index (χ2v) is 6.75. The van der Waals surface area contributed by atoms with Gasteiger partial charge in [-0.15, -0.1) is 0 Å². The van der Waals surface area contributed by atoms with Crippen molar-refractivity contribution in [3.8, 4) is 0 Å². The van der Waals surface area contributed by atoms with Crippen LogP contribution in [0.5, 0.6) is 0 Å². The summed E-state index contributed by atoms with van der Waals surface area (Å²) in [7, 11) is 0. The summed E-state index contributed by atoms with van der Waals surface area (Å²) in [6.07, 6.45) is -0.380. The number of hydrogen-bond acceptors (Lipinski definition) is 7. The van der Waals surface area contributed by atoms with Crippen molar-refractivity contribution >= 4 is 0 Å². The van der Waals surface area contributed by atoms with E-state index in [2.05, 4.69) is 0 Å². The standard InChI is InChI=1S/C19H28O7/c1-18(2)25-16(12-24-11-14-6-4-3-5-7-14)17(26-18)19(23,13-22)15(10-21)8-9-20/h3-8,16-17,20-23H,9-13H2,1-2H3/b15-8+/t16-,17+,19-/m0/s1. The molecule has 2 rings (SSSR count). The molecule has 1 aliphatic rings. The van der Waals surface area contributed by atoms with Crippen molar-refractivity contribution < 1.29 is 34.6 Å². The van der Waals surface area contributed by atoms with Crippen LogP contribution in [0.1, 0.15) is 19.4 Å². The zero-order chi connectivity index (χ0) is 19.2. The van der Waals surface area contributed by atoms with Gasteiger partial charge in [0.25, 0.3) is 0 Å². The lowest BCUT2D eigenvalue weighted by Crippen LogP contribution is -2.54.